The molecule has 0 radical (unpaired) electrons. The number of piperazine rings is 1. The van der Waals surface area contributed by atoms with Gasteiger partial charge in [-0.15, -0.1) is 0 Å². The average Bonchev–Trinajstić information content (AvgIpc) is 3.90. The maximum Gasteiger partial charge on any atom is 0.245 e. The van der Waals surface area contributed by atoms with E-state index >= 15 is 0 Å². The number of aromatic nitrogens is 5. The number of pyridine rings is 1. The second-order valence-electron chi connectivity index (χ2n) is 11.4. The summed E-state index contributed by atoms with van der Waals surface area (Å²) in [6.07, 6.45) is 7.95. The van der Waals surface area contributed by atoms with Crippen molar-refractivity contribution in [3.05, 3.63) is 59.1 Å². The van der Waals surface area contributed by atoms with Gasteiger partial charge in [-0.05, 0) is 74.4 Å². The number of rotatable bonds is 10. The highest BCUT2D eigenvalue weighted by molar-refractivity contribution is 6.33. The molecule has 1 saturated heterocycles. The molecular weight excluding hydrogens is 526 g/mol. The molecule has 1 aromatic carbocycles. The maximum atomic E-state index is 6.89. The smallest absolute Gasteiger partial charge is 0.245 e. The molecule has 4 aromatic rings. The fraction of sp³-hybridized carbons (Fsp3) is 0.467. The Hall–Kier alpha value is -3.27. The standard InChI is InChI=1S/C30H34ClN7O2/c1-30(7-8-30)40-29-26-28(34-19-35-29)38(18-22-16-21(6-9-33-22)20-2-3-20)27(36-26)24-5-4-23(17-25(24)31)39-15-14-37-12-10-32-11-13-37/h4-6,9,16-17,19-20,32H,2-3,7-8,10-15,18H2,1H3. The molecule has 3 aliphatic rings. The lowest BCUT2D eigenvalue weighted by Gasteiger charge is -2.26. The van der Waals surface area contributed by atoms with Crippen LogP contribution in [0.2, 0.25) is 5.02 Å². The minimum Gasteiger partial charge on any atom is -0.492 e. The summed E-state index contributed by atoms with van der Waals surface area (Å²) >= 11 is 6.89. The number of imidazole rings is 1. The highest BCUT2D eigenvalue weighted by atomic mass is 35.5. The highest BCUT2D eigenvalue weighted by Gasteiger charge is 2.41. The molecule has 2 aliphatic carbocycles. The van der Waals surface area contributed by atoms with Gasteiger partial charge in [0.05, 0.1) is 17.3 Å². The summed E-state index contributed by atoms with van der Waals surface area (Å²) < 4.78 is 14.4. The van der Waals surface area contributed by atoms with Gasteiger partial charge in [0.15, 0.2) is 11.2 Å². The molecule has 0 unspecified atom stereocenters. The second kappa shape index (κ2) is 10.6. The summed E-state index contributed by atoms with van der Waals surface area (Å²) in [6, 6.07) is 10.1. The van der Waals surface area contributed by atoms with Crippen molar-refractivity contribution in [2.45, 2.75) is 50.7 Å². The Morgan fingerprint density at radius 3 is 2.70 bits per heavy atom. The van der Waals surface area contributed by atoms with Crippen LogP contribution in [0.15, 0.2) is 42.9 Å². The van der Waals surface area contributed by atoms with Crippen LogP contribution in [0, 0.1) is 0 Å². The Morgan fingerprint density at radius 1 is 1.07 bits per heavy atom. The topological polar surface area (TPSA) is 90.2 Å². The van der Waals surface area contributed by atoms with Crippen molar-refractivity contribution in [3.63, 3.8) is 0 Å². The molecule has 3 fully saturated rings. The van der Waals surface area contributed by atoms with Crippen LogP contribution in [0.25, 0.3) is 22.6 Å². The van der Waals surface area contributed by atoms with Gasteiger partial charge in [-0.3, -0.25) is 9.88 Å². The summed E-state index contributed by atoms with van der Waals surface area (Å²) in [5.74, 6) is 2.61. The van der Waals surface area contributed by atoms with Gasteiger partial charge in [0, 0.05) is 44.5 Å². The van der Waals surface area contributed by atoms with Crippen molar-refractivity contribution in [1.82, 2.24) is 34.7 Å². The van der Waals surface area contributed by atoms with Gasteiger partial charge >= 0.3 is 0 Å². The Morgan fingerprint density at radius 2 is 1.93 bits per heavy atom. The number of ether oxygens (including phenoxy) is 2. The van der Waals surface area contributed by atoms with E-state index in [4.69, 9.17) is 26.1 Å². The third-order valence-electron chi connectivity index (χ3n) is 8.07. The fourth-order valence-electron chi connectivity index (χ4n) is 5.27. The molecule has 0 atom stereocenters. The largest absolute Gasteiger partial charge is 0.492 e. The molecule has 2 saturated carbocycles. The van der Waals surface area contributed by atoms with Gasteiger partial charge < -0.3 is 19.4 Å². The summed E-state index contributed by atoms with van der Waals surface area (Å²) in [4.78, 5) is 21.2. The van der Waals surface area contributed by atoms with Crippen LogP contribution in [0.3, 0.4) is 0 Å². The minimum absolute atomic E-state index is 0.188. The molecule has 7 rings (SSSR count). The SMILES string of the molecule is CC1(Oc2ncnc3c2nc(-c2ccc(OCCN4CCNCC4)cc2Cl)n3Cc2cc(C3CC3)ccn2)CC1. The van der Waals surface area contributed by atoms with Crippen molar-refractivity contribution in [3.8, 4) is 23.0 Å². The van der Waals surface area contributed by atoms with Gasteiger partial charge in [0.25, 0.3) is 0 Å². The molecule has 208 valence electrons. The molecule has 4 heterocycles. The molecule has 1 N–H and O–H groups in total. The van der Waals surface area contributed by atoms with Gasteiger partial charge in [-0.2, -0.15) is 4.98 Å². The third kappa shape index (κ3) is 5.50. The monoisotopic (exact) mass is 559 g/mol. The molecular formula is C30H34ClN7O2. The molecule has 3 aromatic heterocycles. The Kier molecular flexibility index (Phi) is 6.81. The van der Waals surface area contributed by atoms with Crippen molar-refractivity contribution in [2.24, 2.45) is 0 Å². The lowest BCUT2D eigenvalue weighted by atomic mass is 10.1. The van der Waals surface area contributed by atoms with Crippen molar-refractivity contribution < 1.29 is 9.47 Å². The predicted octanol–water partition coefficient (Wildman–Crippen LogP) is 4.68. The maximum absolute atomic E-state index is 6.89. The van der Waals surface area contributed by atoms with Gasteiger partial charge in [0.1, 0.15) is 30.1 Å². The van der Waals surface area contributed by atoms with Crippen LogP contribution in [0.5, 0.6) is 11.6 Å². The zero-order valence-corrected chi connectivity index (χ0v) is 23.5. The fourth-order valence-corrected chi connectivity index (χ4v) is 5.52. The number of hydrogen-bond acceptors (Lipinski definition) is 8. The van der Waals surface area contributed by atoms with E-state index < -0.39 is 0 Å². The van der Waals surface area contributed by atoms with Gasteiger partial charge in [0.2, 0.25) is 5.88 Å². The number of benzene rings is 1. The summed E-state index contributed by atoms with van der Waals surface area (Å²) in [5.41, 5.74) is 4.26. The second-order valence-corrected chi connectivity index (χ2v) is 11.8. The first kappa shape index (κ1) is 25.7. The number of hydrogen-bond donors (Lipinski definition) is 1. The van der Waals surface area contributed by atoms with E-state index in [1.54, 1.807) is 6.33 Å². The quantitative estimate of drug-likeness (QED) is 0.299. The third-order valence-corrected chi connectivity index (χ3v) is 8.39. The summed E-state index contributed by atoms with van der Waals surface area (Å²) in [5, 5.41) is 3.95. The average molecular weight is 560 g/mol. The van der Waals surface area contributed by atoms with Gasteiger partial charge in [-0.25, -0.2) is 9.97 Å². The molecule has 0 bridgehead atoms. The van der Waals surface area contributed by atoms with E-state index in [2.05, 4.69) is 48.8 Å². The number of nitrogens with one attached hydrogen (secondary N) is 1. The molecule has 40 heavy (non-hydrogen) atoms. The number of fused-ring (bicyclic) bond motifs is 1. The Labute approximate surface area is 238 Å². The van der Waals surface area contributed by atoms with E-state index in [-0.39, 0.29) is 5.60 Å². The summed E-state index contributed by atoms with van der Waals surface area (Å²) in [6.45, 7) is 8.27. The van der Waals surface area contributed by atoms with E-state index in [0.29, 0.717) is 47.0 Å². The number of nitrogens with zero attached hydrogens (tertiary/aromatic N) is 6. The molecule has 9 nitrogen and oxygen atoms in total. The van der Waals surface area contributed by atoms with Crippen LogP contribution < -0.4 is 14.8 Å². The minimum atomic E-state index is -0.188. The molecule has 0 spiro atoms. The molecule has 0 amide bonds. The first-order valence-electron chi connectivity index (χ1n) is 14.3. The first-order chi connectivity index (χ1) is 19.5. The van der Waals surface area contributed by atoms with Gasteiger partial charge in [-0.1, -0.05) is 11.6 Å². The number of halogens is 1. The van der Waals surface area contributed by atoms with E-state index in [9.17, 15) is 0 Å². The zero-order valence-electron chi connectivity index (χ0n) is 22.8. The van der Waals surface area contributed by atoms with Crippen LogP contribution in [0.1, 0.15) is 49.8 Å². The predicted molar refractivity (Wildman–Crippen MR) is 154 cm³/mol. The Bertz CT molecular complexity index is 1530. The molecule has 10 heteroatoms. The molecule has 1 aliphatic heterocycles. The van der Waals surface area contributed by atoms with Crippen LogP contribution in [-0.4, -0.2) is 74.3 Å². The Balaban J connectivity index is 1.21. The van der Waals surface area contributed by atoms with E-state index in [1.807, 2.05) is 24.4 Å². The van der Waals surface area contributed by atoms with E-state index in [1.165, 1.54) is 18.4 Å². The van der Waals surface area contributed by atoms with Crippen molar-refractivity contribution in [2.75, 3.05) is 39.3 Å². The lowest BCUT2D eigenvalue weighted by Crippen LogP contribution is -2.44. The first-order valence-corrected chi connectivity index (χ1v) is 14.6. The highest BCUT2D eigenvalue weighted by Crippen LogP contribution is 2.42. The van der Waals surface area contributed by atoms with Crippen LogP contribution in [0.4, 0.5) is 0 Å². The normalized spacial score (nSPS) is 18.6. The van der Waals surface area contributed by atoms with Crippen molar-refractivity contribution >= 4 is 22.8 Å². The summed E-state index contributed by atoms with van der Waals surface area (Å²) in [7, 11) is 0. The van der Waals surface area contributed by atoms with E-state index in [0.717, 1.165) is 62.6 Å². The zero-order chi connectivity index (χ0) is 27.1. The van der Waals surface area contributed by atoms with Crippen LogP contribution in [-0.2, 0) is 6.54 Å². The van der Waals surface area contributed by atoms with Crippen molar-refractivity contribution in [1.29, 1.82) is 0 Å². The lowest BCUT2D eigenvalue weighted by molar-refractivity contribution is 0.191. The van der Waals surface area contributed by atoms with Crippen LogP contribution >= 0.6 is 11.6 Å².